The van der Waals surface area contributed by atoms with Crippen LogP contribution in [-0.2, 0) is 6.54 Å². The summed E-state index contributed by atoms with van der Waals surface area (Å²) in [5.41, 5.74) is 2.01. The van der Waals surface area contributed by atoms with E-state index in [0.717, 1.165) is 36.6 Å². The van der Waals surface area contributed by atoms with Crippen molar-refractivity contribution >= 4 is 0 Å². The van der Waals surface area contributed by atoms with Crippen LogP contribution in [0, 0.1) is 0 Å². The number of ether oxygens (including phenoxy) is 1. The van der Waals surface area contributed by atoms with Crippen LogP contribution in [0.3, 0.4) is 0 Å². The molecular formula is C15H22N4O. The van der Waals surface area contributed by atoms with Gasteiger partial charge in [0.2, 0.25) is 0 Å². The van der Waals surface area contributed by atoms with E-state index in [2.05, 4.69) is 29.2 Å². The number of hydrogen-bond acceptors (Lipinski definition) is 4. The van der Waals surface area contributed by atoms with Gasteiger partial charge in [0.15, 0.2) is 5.75 Å². The molecule has 0 saturated carbocycles. The molecular weight excluding hydrogens is 252 g/mol. The van der Waals surface area contributed by atoms with Crippen molar-refractivity contribution in [3.8, 4) is 5.75 Å². The minimum atomic E-state index is -0.00597. The topological polar surface area (TPSA) is 52.0 Å². The van der Waals surface area contributed by atoms with Crippen LogP contribution in [0.25, 0.3) is 0 Å². The van der Waals surface area contributed by atoms with Crippen LogP contribution in [-0.4, -0.2) is 28.4 Å². The SMILES string of the molecule is CCCNC(c1ccccn1)c1c(OC)cnn1CC. The summed E-state index contributed by atoms with van der Waals surface area (Å²) in [7, 11) is 1.68. The third-order valence-electron chi connectivity index (χ3n) is 3.22. The van der Waals surface area contributed by atoms with Crippen LogP contribution >= 0.6 is 0 Å². The first-order valence-electron chi connectivity index (χ1n) is 7.05. The van der Waals surface area contributed by atoms with E-state index in [0.29, 0.717) is 0 Å². The summed E-state index contributed by atoms with van der Waals surface area (Å²) in [4.78, 5) is 4.48. The highest BCUT2D eigenvalue weighted by molar-refractivity contribution is 5.34. The molecule has 0 spiro atoms. The van der Waals surface area contributed by atoms with Crippen molar-refractivity contribution < 1.29 is 4.74 Å². The van der Waals surface area contributed by atoms with Gasteiger partial charge in [-0.05, 0) is 32.0 Å². The average molecular weight is 274 g/mol. The first-order valence-corrected chi connectivity index (χ1v) is 7.05. The molecule has 0 amide bonds. The van der Waals surface area contributed by atoms with Crippen molar-refractivity contribution in [3.63, 3.8) is 0 Å². The maximum absolute atomic E-state index is 5.46. The average Bonchev–Trinajstić information content (AvgIpc) is 2.92. The molecule has 2 aromatic rings. The van der Waals surface area contributed by atoms with Crippen LogP contribution in [0.1, 0.15) is 37.7 Å². The molecule has 2 aromatic heterocycles. The molecule has 0 bridgehead atoms. The van der Waals surface area contributed by atoms with E-state index in [1.54, 1.807) is 13.3 Å². The number of aromatic nitrogens is 3. The molecule has 1 unspecified atom stereocenters. The van der Waals surface area contributed by atoms with Gasteiger partial charge in [0, 0.05) is 12.7 Å². The molecule has 0 radical (unpaired) electrons. The zero-order valence-electron chi connectivity index (χ0n) is 12.3. The molecule has 2 rings (SSSR count). The second kappa shape index (κ2) is 7.05. The number of pyridine rings is 1. The Morgan fingerprint density at radius 2 is 2.20 bits per heavy atom. The summed E-state index contributed by atoms with van der Waals surface area (Å²) in [5, 5.41) is 7.92. The Bertz CT molecular complexity index is 502. The van der Waals surface area contributed by atoms with Crippen molar-refractivity contribution in [2.24, 2.45) is 0 Å². The van der Waals surface area contributed by atoms with Gasteiger partial charge in [-0.25, -0.2) is 0 Å². The fourth-order valence-electron chi connectivity index (χ4n) is 2.25. The van der Waals surface area contributed by atoms with E-state index in [9.17, 15) is 0 Å². The molecule has 0 fully saturated rings. The third-order valence-corrected chi connectivity index (χ3v) is 3.22. The molecule has 5 heteroatoms. The zero-order chi connectivity index (χ0) is 14.4. The van der Waals surface area contributed by atoms with Gasteiger partial charge < -0.3 is 10.1 Å². The van der Waals surface area contributed by atoms with Crippen molar-refractivity contribution in [2.75, 3.05) is 13.7 Å². The van der Waals surface area contributed by atoms with Gasteiger partial charge in [-0.3, -0.25) is 9.67 Å². The van der Waals surface area contributed by atoms with E-state index in [-0.39, 0.29) is 6.04 Å². The molecule has 5 nitrogen and oxygen atoms in total. The third kappa shape index (κ3) is 2.99. The molecule has 1 N–H and O–H groups in total. The summed E-state index contributed by atoms with van der Waals surface area (Å²) in [6, 6.07) is 5.95. The Morgan fingerprint density at radius 1 is 1.35 bits per heavy atom. The molecule has 0 aliphatic heterocycles. The van der Waals surface area contributed by atoms with Gasteiger partial charge in [0.1, 0.15) is 5.69 Å². The minimum absolute atomic E-state index is 0.00597. The summed E-state index contributed by atoms with van der Waals surface area (Å²) >= 11 is 0. The van der Waals surface area contributed by atoms with E-state index in [4.69, 9.17) is 4.74 Å². The number of rotatable bonds is 7. The smallest absolute Gasteiger partial charge is 0.161 e. The minimum Gasteiger partial charge on any atom is -0.493 e. The number of methoxy groups -OCH3 is 1. The summed E-state index contributed by atoms with van der Waals surface area (Å²) in [6.07, 6.45) is 4.64. The molecule has 0 aliphatic carbocycles. The standard InChI is InChI=1S/C15H22N4O/c1-4-9-17-14(12-8-6-7-10-16-12)15-13(20-3)11-18-19(15)5-2/h6-8,10-11,14,17H,4-5,9H2,1-3H3. The highest BCUT2D eigenvalue weighted by atomic mass is 16.5. The number of aryl methyl sites for hydroxylation is 1. The molecule has 0 aliphatic rings. The highest BCUT2D eigenvalue weighted by Crippen LogP contribution is 2.29. The van der Waals surface area contributed by atoms with E-state index in [1.807, 2.05) is 29.1 Å². The quantitative estimate of drug-likeness (QED) is 0.842. The van der Waals surface area contributed by atoms with Gasteiger partial charge in [-0.2, -0.15) is 5.10 Å². The molecule has 0 aromatic carbocycles. The van der Waals surface area contributed by atoms with Crippen LogP contribution in [0.4, 0.5) is 0 Å². The predicted octanol–water partition coefficient (Wildman–Crippen LogP) is 2.40. The second-order valence-electron chi connectivity index (χ2n) is 4.56. The van der Waals surface area contributed by atoms with Crippen LogP contribution in [0.15, 0.2) is 30.6 Å². The first kappa shape index (κ1) is 14.5. The lowest BCUT2D eigenvalue weighted by Crippen LogP contribution is -2.27. The van der Waals surface area contributed by atoms with Crippen molar-refractivity contribution in [2.45, 2.75) is 32.9 Å². The monoisotopic (exact) mass is 274 g/mol. The fourth-order valence-corrected chi connectivity index (χ4v) is 2.25. The van der Waals surface area contributed by atoms with Gasteiger partial charge >= 0.3 is 0 Å². The summed E-state index contributed by atoms with van der Waals surface area (Å²) in [5.74, 6) is 0.797. The predicted molar refractivity (Wildman–Crippen MR) is 78.8 cm³/mol. The van der Waals surface area contributed by atoms with E-state index >= 15 is 0 Å². The number of hydrogen-bond donors (Lipinski definition) is 1. The molecule has 2 heterocycles. The Hall–Kier alpha value is -1.88. The fraction of sp³-hybridized carbons (Fsp3) is 0.467. The number of nitrogens with one attached hydrogen (secondary N) is 1. The van der Waals surface area contributed by atoms with Crippen molar-refractivity contribution in [1.82, 2.24) is 20.1 Å². The lowest BCUT2D eigenvalue weighted by Gasteiger charge is -2.20. The summed E-state index contributed by atoms with van der Waals surface area (Å²) in [6.45, 7) is 5.94. The largest absolute Gasteiger partial charge is 0.493 e. The Labute approximate surface area is 120 Å². The van der Waals surface area contributed by atoms with Crippen LogP contribution in [0.5, 0.6) is 5.75 Å². The Morgan fingerprint density at radius 3 is 2.80 bits per heavy atom. The van der Waals surface area contributed by atoms with E-state index in [1.165, 1.54) is 0 Å². The second-order valence-corrected chi connectivity index (χ2v) is 4.56. The summed E-state index contributed by atoms with van der Waals surface area (Å²) < 4.78 is 7.42. The number of nitrogens with zero attached hydrogens (tertiary/aromatic N) is 3. The van der Waals surface area contributed by atoms with Gasteiger partial charge in [0.05, 0.1) is 25.0 Å². The normalized spacial score (nSPS) is 12.3. The maximum Gasteiger partial charge on any atom is 0.161 e. The molecule has 0 saturated heterocycles. The van der Waals surface area contributed by atoms with Gasteiger partial charge in [-0.1, -0.05) is 13.0 Å². The molecule has 20 heavy (non-hydrogen) atoms. The van der Waals surface area contributed by atoms with Crippen LogP contribution < -0.4 is 10.1 Å². The lowest BCUT2D eigenvalue weighted by molar-refractivity contribution is 0.398. The molecule has 108 valence electrons. The molecule has 1 atom stereocenters. The maximum atomic E-state index is 5.46. The van der Waals surface area contributed by atoms with Crippen LogP contribution in [0.2, 0.25) is 0 Å². The lowest BCUT2D eigenvalue weighted by atomic mass is 10.1. The van der Waals surface area contributed by atoms with Crippen molar-refractivity contribution in [1.29, 1.82) is 0 Å². The van der Waals surface area contributed by atoms with Crippen molar-refractivity contribution in [3.05, 3.63) is 42.0 Å². The first-order chi connectivity index (χ1) is 9.81. The Balaban J connectivity index is 2.43. The van der Waals surface area contributed by atoms with Gasteiger partial charge in [-0.15, -0.1) is 0 Å². The van der Waals surface area contributed by atoms with E-state index < -0.39 is 0 Å². The Kier molecular flexibility index (Phi) is 5.12. The highest BCUT2D eigenvalue weighted by Gasteiger charge is 2.23. The zero-order valence-corrected chi connectivity index (χ0v) is 12.3. The van der Waals surface area contributed by atoms with Gasteiger partial charge in [0.25, 0.3) is 0 Å².